The van der Waals surface area contributed by atoms with Gasteiger partial charge in [0, 0.05) is 55.6 Å². The van der Waals surface area contributed by atoms with Gasteiger partial charge in [0.25, 0.3) is 5.56 Å². The molecule has 2 aliphatic carbocycles. The molecule has 4 heterocycles. The topological polar surface area (TPSA) is 95.8 Å². The number of nitrogens with zero attached hydrogens (tertiary/aromatic N) is 5. The van der Waals surface area contributed by atoms with E-state index in [9.17, 15) is 9.90 Å². The molecule has 9 nitrogen and oxygen atoms in total. The van der Waals surface area contributed by atoms with Crippen LogP contribution in [0.4, 0.5) is 10.2 Å². The number of phenols is 1. The molecule has 47 heavy (non-hydrogen) atoms. The summed E-state index contributed by atoms with van der Waals surface area (Å²) in [4.78, 5) is 29.0. The lowest BCUT2D eigenvalue weighted by molar-refractivity contribution is 0.126. The minimum absolute atomic E-state index is 0.00310. The summed E-state index contributed by atoms with van der Waals surface area (Å²) in [6.45, 7) is 5.57. The smallest absolute Gasteiger partial charge is 0.318 e. The zero-order chi connectivity index (χ0) is 32.5. The first-order valence-electron chi connectivity index (χ1n) is 16.8. The molecule has 1 spiro atoms. The maximum Gasteiger partial charge on any atom is 0.318 e. The number of phenolic OH excluding ortho intramolecular Hbond substituents is 1. The van der Waals surface area contributed by atoms with E-state index in [1.165, 1.54) is 6.07 Å². The Morgan fingerprint density at radius 2 is 1.87 bits per heavy atom. The zero-order valence-corrected chi connectivity index (χ0v) is 27.1. The highest BCUT2D eigenvalue weighted by atomic mass is 19.1. The lowest BCUT2D eigenvalue weighted by Crippen LogP contribution is -2.58. The quantitative estimate of drug-likeness (QED) is 0.254. The monoisotopic (exact) mass is 636 g/mol. The predicted molar refractivity (Wildman–Crippen MR) is 181 cm³/mol. The van der Waals surface area contributed by atoms with Crippen molar-refractivity contribution in [2.24, 2.45) is 16.7 Å². The lowest BCUT2D eigenvalue weighted by atomic mass is 9.73. The Morgan fingerprint density at radius 3 is 2.51 bits per heavy atom. The first-order chi connectivity index (χ1) is 22.7. The number of halogens is 1. The summed E-state index contributed by atoms with van der Waals surface area (Å²) in [6.07, 6.45) is 12.1. The molecule has 10 heteroatoms. The van der Waals surface area contributed by atoms with Crippen LogP contribution in [0.3, 0.4) is 0 Å². The molecule has 8 rings (SSSR count). The molecule has 2 aromatic heterocycles. The minimum atomic E-state index is -0.527. The van der Waals surface area contributed by atoms with E-state index >= 15 is 4.39 Å². The molecule has 0 bridgehead atoms. The molecule has 244 valence electrons. The van der Waals surface area contributed by atoms with E-state index in [4.69, 9.17) is 21.1 Å². The number of hydrogen-bond donors (Lipinski definition) is 2. The van der Waals surface area contributed by atoms with Crippen molar-refractivity contribution in [2.75, 3.05) is 58.3 Å². The third-order valence-corrected chi connectivity index (χ3v) is 10.8. The van der Waals surface area contributed by atoms with E-state index in [0.717, 1.165) is 71.2 Å². The maximum absolute atomic E-state index is 15.1. The summed E-state index contributed by atoms with van der Waals surface area (Å²) in [6, 6.07) is 8.19. The van der Waals surface area contributed by atoms with Crippen LogP contribution in [-0.4, -0.2) is 78.0 Å². The molecule has 0 unspecified atom stereocenters. The number of pyridine rings is 1. The second-order valence-electron chi connectivity index (χ2n) is 14.8. The highest BCUT2D eigenvalue weighted by Gasteiger charge is 2.44. The van der Waals surface area contributed by atoms with Crippen molar-refractivity contribution in [1.29, 1.82) is 0 Å². The van der Waals surface area contributed by atoms with Gasteiger partial charge in [0.15, 0.2) is 0 Å². The number of rotatable bonds is 9. The van der Waals surface area contributed by atoms with Gasteiger partial charge in [-0.05, 0) is 93.6 Å². The molecular weight excluding hydrogens is 595 g/mol. The summed E-state index contributed by atoms with van der Waals surface area (Å²) in [5.74, 6) is 2.96. The third-order valence-electron chi connectivity index (χ3n) is 10.8. The average Bonchev–Trinajstić information content (AvgIpc) is 3.98. The average molecular weight is 637 g/mol. The van der Waals surface area contributed by atoms with Crippen molar-refractivity contribution in [2.45, 2.75) is 45.1 Å². The zero-order valence-electron chi connectivity index (χ0n) is 27.1. The van der Waals surface area contributed by atoms with Gasteiger partial charge in [0.05, 0.1) is 23.4 Å². The minimum Gasteiger partial charge on any atom is -0.508 e. The third kappa shape index (κ3) is 5.49. The molecule has 2 aliphatic heterocycles. The number of terminal acetylenes is 1. The molecule has 2 saturated heterocycles. The van der Waals surface area contributed by atoms with Crippen molar-refractivity contribution in [3.8, 4) is 35.4 Å². The van der Waals surface area contributed by atoms with Crippen LogP contribution < -0.4 is 20.5 Å². The van der Waals surface area contributed by atoms with E-state index in [1.807, 2.05) is 6.07 Å². The van der Waals surface area contributed by atoms with Crippen LogP contribution in [-0.2, 0) is 6.54 Å². The number of fused-ring (bicyclic) bond motifs is 2. The number of anilines is 1. The predicted octanol–water partition coefficient (Wildman–Crippen LogP) is 4.76. The summed E-state index contributed by atoms with van der Waals surface area (Å²) < 4.78 is 23.2. The number of aromatic hydroxyl groups is 1. The number of aromatic nitrogens is 3. The van der Waals surface area contributed by atoms with Crippen LogP contribution in [0.15, 0.2) is 35.1 Å². The summed E-state index contributed by atoms with van der Waals surface area (Å²) >= 11 is 0. The molecule has 4 aromatic rings. The standard InChI is InChI=1S/C37H41FN6O3/c1-4-26-28(38)8-7-24-15-25(45)16-27(31(24)26)30-17-29-32(34(46)44(30)18-23-5-6-23)33(43-13-11-36(12-14-43)19-39-20-36)41-35(40-29)47-22-37(9-10-37)21-42(2)3/h1,7-8,15-17,23,39,45H,5-6,9-14,18-22H2,2-3H3. The van der Waals surface area contributed by atoms with Crippen molar-refractivity contribution >= 4 is 27.5 Å². The Hall–Kier alpha value is -4.20. The fraction of sp³-hybridized carbons (Fsp3) is 0.486. The van der Waals surface area contributed by atoms with Crippen molar-refractivity contribution in [3.63, 3.8) is 0 Å². The van der Waals surface area contributed by atoms with Gasteiger partial charge in [-0.25, -0.2) is 4.39 Å². The Labute approximate surface area is 273 Å². The van der Waals surface area contributed by atoms with Crippen LogP contribution in [0.1, 0.15) is 44.1 Å². The van der Waals surface area contributed by atoms with Crippen molar-refractivity contribution in [3.05, 3.63) is 52.1 Å². The molecule has 4 fully saturated rings. The summed E-state index contributed by atoms with van der Waals surface area (Å²) in [5.41, 5.74) is 1.80. The largest absolute Gasteiger partial charge is 0.508 e. The Kier molecular flexibility index (Phi) is 7.19. The van der Waals surface area contributed by atoms with E-state index in [-0.39, 0.29) is 28.3 Å². The number of piperidine rings is 1. The van der Waals surface area contributed by atoms with Crippen LogP contribution in [0, 0.1) is 34.9 Å². The number of ether oxygens (including phenoxy) is 1. The SMILES string of the molecule is C#Cc1c(F)ccc2cc(O)cc(-c3cc4nc(OCC5(CN(C)C)CC5)nc(N5CCC6(CC5)CNC6)c4c(=O)n3CC3CC3)c12. The molecule has 2 saturated carbocycles. The normalized spacial score (nSPS) is 19.7. The Balaban J connectivity index is 1.32. The Bertz CT molecular complexity index is 1990. The highest BCUT2D eigenvalue weighted by Crippen LogP contribution is 2.46. The lowest BCUT2D eigenvalue weighted by Gasteiger charge is -2.48. The van der Waals surface area contributed by atoms with Gasteiger partial charge in [0.2, 0.25) is 0 Å². The molecular formula is C37H41FN6O3. The van der Waals surface area contributed by atoms with Gasteiger partial charge in [-0.1, -0.05) is 12.0 Å². The van der Waals surface area contributed by atoms with E-state index in [0.29, 0.717) is 63.2 Å². The molecule has 2 N–H and O–H groups in total. The number of benzene rings is 2. The summed E-state index contributed by atoms with van der Waals surface area (Å²) in [5, 5.41) is 15.8. The summed E-state index contributed by atoms with van der Waals surface area (Å²) in [7, 11) is 4.14. The van der Waals surface area contributed by atoms with Gasteiger partial charge in [-0.15, -0.1) is 6.42 Å². The highest BCUT2D eigenvalue weighted by molar-refractivity contribution is 6.03. The fourth-order valence-corrected chi connectivity index (χ4v) is 7.67. The van der Waals surface area contributed by atoms with E-state index in [1.54, 1.807) is 22.8 Å². The Morgan fingerprint density at radius 1 is 1.11 bits per heavy atom. The number of hydrogen-bond acceptors (Lipinski definition) is 8. The van der Waals surface area contributed by atoms with Crippen LogP contribution in [0.2, 0.25) is 0 Å². The van der Waals surface area contributed by atoms with Crippen LogP contribution in [0.25, 0.3) is 32.9 Å². The molecule has 0 amide bonds. The van der Waals surface area contributed by atoms with Crippen LogP contribution >= 0.6 is 0 Å². The van der Waals surface area contributed by atoms with Crippen molar-refractivity contribution in [1.82, 2.24) is 24.8 Å². The first kappa shape index (κ1) is 30.2. The van der Waals surface area contributed by atoms with E-state index in [2.05, 4.69) is 35.1 Å². The second-order valence-corrected chi connectivity index (χ2v) is 14.8. The van der Waals surface area contributed by atoms with Gasteiger partial charge in [-0.2, -0.15) is 9.97 Å². The van der Waals surface area contributed by atoms with Gasteiger partial charge >= 0.3 is 6.01 Å². The molecule has 2 aromatic carbocycles. The fourth-order valence-electron chi connectivity index (χ4n) is 7.67. The maximum atomic E-state index is 15.1. The first-order valence-corrected chi connectivity index (χ1v) is 16.8. The van der Waals surface area contributed by atoms with Gasteiger partial charge in [-0.3, -0.25) is 4.79 Å². The molecule has 0 atom stereocenters. The second kappa shape index (κ2) is 11.2. The number of nitrogens with one attached hydrogen (secondary N) is 1. The molecule has 0 radical (unpaired) electrons. The van der Waals surface area contributed by atoms with E-state index < -0.39 is 5.82 Å². The molecule has 4 aliphatic rings. The van der Waals surface area contributed by atoms with Crippen LogP contribution in [0.5, 0.6) is 11.8 Å². The van der Waals surface area contributed by atoms with Gasteiger partial charge < -0.3 is 29.5 Å². The van der Waals surface area contributed by atoms with Crippen molar-refractivity contribution < 1.29 is 14.2 Å². The van der Waals surface area contributed by atoms with Gasteiger partial charge in [0.1, 0.15) is 22.8 Å².